The lowest BCUT2D eigenvalue weighted by Gasteiger charge is -2.31. The first-order chi connectivity index (χ1) is 28.4. The highest BCUT2D eigenvalue weighted by Gasteiger charge is 2.40. The molecule has 1 aliphatic heterocycles. The molecule has 2 aliphatic rings. The van der Waals surface area contributed by atoms with Crippen LogP contribution in [-0.2, 0) is 41.6 Å². The van der Waals surface area contributed by atoms with Gasteiger partial charge in [0.2, 0.25) is 23.6 Å². The Kier molecular flexibility index (Phi) is 13.8. The highest BCUT2D eigenvalue weighted by Crippen LogP contribution is 2.44. The average molecular weight is 802 g/mol. The molecule has 0 saturated carbocycles. The lowest BCUT2D eigenvalue weighted by Crippen LogP contribution is -2.59. The Bertz CT molecular complexity index is 2100. The lowest BCUT2D eigenvalue weighted by molar-refractivity contribution is -0.145. The third kappa shape index (κ3) is 10.3. The molecule has 1 aliphatic carbocycles. The molecule has 59 heavy (non-hydrogen) atoms. The minimum absolute atomic E-state index is 0.0519. The number of carboxylic acid groups (broad SMARTS) is 1. The fourth-order valence-corrected chi connectivity index (χ4v) is 7.81. The van der Waals surface area contributed by atoms with E-state index in [1.807, 2.05) is 84.9 Å². The van der Waals surface area contributed by atoms with Crippen LogP contribution in [0.1, 0.15) is 61.8 Å². The number of hydrogen-bond acceptors (Lipinski definition) is 7. The Balaban J connectivity index is 1.08. The van der Waals surface area contributed by atoms with Gasteiger partial charge in [0, 0.05) is 25.3 Å². The number of nitrogens with zero attached hydrogens (tertiary/aromatic N) is 1. The second-order valence-electron chi connectivity index (χ2n) is 15.5. The van der Waals surface area contributed by atoms with E-state index in [-0.39, 0.29) is 31.9 Å². The number of carboxylic acids is 1. The molecule has 308 valence electrons. The molecule has 0 radical (unpaired) electrons. The van der Waals surface area contributed by atoms with Crippen molar-refractivity contribution in [2.75, 3.05) is 13.2 Å². The van der Waals surface area contributed by atoms with Gasteiger partial charge in [0.05, 0.1) is 0 Å². The van der Waals surface area contributed by atoms with Crippen LogP contribution in [0.2, 0.25) is 0 Å². The SMILES string of the molecule is CC(C)[C@H](NC(=O)[C@H](C)NC(=O)[C@H](Cc1ccccc1)NC(=O)OCC1c2ccccc2-c2ccccc21)C(=O)N1CCC[C@H]1C(=O)N[C@@H](Cc1ccccc1)C(=O)O. The second kappa shape index (κ2) is 19.3. The zero-order valence-electron chi connectivity index (χ0n) is 33.4. The van der Waals surface area contributed by atoms with E-state index in [0.717, 1.165) is 33.4 Å². The highest BCUT2D eigenvalue weighted by atomic mass is 16.5. The fourth-order valence-electron chi connectivity index (χ4n) is 7.81. The molecule has 5 N–H and O–H groups in total. The quantitative estimate of drug-likeness (QED) is 0.109. The molecule has 4 aromatic rings. The normalized spacial score (nSPS) is 16.5. The number of benzene rings is 4. The van der Waals surface area contributed by atoms with Crippen molar-refractivity contribution in [2.24, 2.45) is 5.92 Å². The van der Waals surface area contributed by atoms with Gasteiger partial charge in [-0.1, -0.05) is 123 Å². The molecule has 0 aromatic heterocycles. The van der Waals surface area contributed by atoms with Crippen molar-refractivity contribution in [3.63, 3.8) is 0 Å². The molecular weight excluding hydrogens is 751 g/mol. The van der Waals surface area contributed by atoms with E-state index in [1.54, 1.807) is 38.1 Å². The molecule has 0 bridgehead atoms. The Morgan fingerprint density at radius 1 is 0.678 bits per heavy atom. The van der Waals surface area contributed by atoms with Crippen molar-refractivity contribution in [2.45, 2.75) is 82.6 Å². The van der Waals surface area contributed by atoms with E-state index >= 15 is 0 Å². The number of fused-ring (bicyclic) bond motifs is 3. The number of rotatable bonds is 16. The molecule has 0 unspecified atom stereocenters. The van der Waals surface area contributed by atoms with Crippen LogP contribution in [-0.4, -0.2) is 89.1 Å². The van der Waals surface area contributed by atoms with Crippen LogP contribution in [0.15, 0.2) is 109 Å². The lowest BCUT2D eigenvalue weighted by atomic mass is 9.98. The van der Waals surface area contributed by atoms with Crippen LogP contribution in [0.3, 0.4) is 0 Å². The van der Waals surface area contributed by atoms with Crippen LogP contribution in [0.4, 0.5) is 4.79 Å². The highest BCUT2D eigenvalue weighted by molar-refractivity contribution is 5.96. The number of carbonyl (C=O) groups excluding carboxylic acids is 5. The van der Waals surface area contributed by atoms with E-state index in [4.69, 9.17) is 4.74 Å². The Morgan fingerprint density at radius 3 is 1.78 bits per heavy atom. The summed E-state index contributed by atoms with van der Waals surface area (Å²) in [5, 5.41) is 20.6. The van der Waals surface area contributed by atoms with Gasteiger partial charge in [-0.25, -0.2) is 9.59 Å². The summed E-state index contributed by atoms with van der Waals surface area (Å²) >= 11 is 0. The number of nitrogens with one attached hydrogen (secondary N) is 4. The maximum absolute atomic E-state index is 14.0. The molecule has 4 aromatic carbocycles. The average Bonchev–Trinajstić information content (AvgIpc) is 3.85. The molecule has 6 rings (SSSR count). The maximum atomic E-state index is 14.0. The minimum Gasteiger partial charge on any atom is -0.480 e. The molecule has 1 saturated heterocycles. The first-order valence-corrected chi connectivity index (χ1v) is 20.0. The summed E-state index contributed by atoms with van der Waals surface area (Å²) in [5.41, 5.74) is 5.78. The predicted molar refractivity (Wildman–Crippen MR) is 221 cm³/mol. The van der Waals surface area contributed by atoms with Crippen LogP contribution in [0, 0.1) is 5.92 Å². The summed E-state index contributed by atoms with van der Waals surface area (Å²) in [7, 11) is 0. The van der Waals surface area contributed by atoms with Gasteiger partial charge in [-0.05, 0) is 59.1 Å². The van der Waals surface area contributed by atoms with Gasteiger partial charge in [-0.15, -0.1) is 0 Å². The van der Waals surface area contributed by atoms with Crippen LogP contribution in [0.25, 0.3) is 11.1 Å². The monoisotopic (exact) mass is 801 g/mol. The van der Waals surface area contributed by atoms with Crippen molar-refractivity contribution in [3.8, 4) is 11.1 Å². The van der Waals surface area contributed by atoms with Gasteiger partial charge in [0.25, 0.3) is 0 Å². The molecule has 13 heteroatoms. The molecular formula is C46H51N5O8. The first kappa shape index (κ1) is 42.1. The predicted octanol–water partition coefficient (Wildman–Crippen LogP) is 4.59. The topological polar surface area (TPSA) is 183 Å². The maximum Gasteiger partial charge on any atom is 0.407 e. The fraction of sp³-hybridized carbons (Fsp3) is 0.348. The van der Waals surface area contributed by atoms with Gasteiger partial charge in [0.1, 0.15) is 36.8 Å². The Labute approximate surface area is 343 Å². The van der Waals surface area contributed by atoms with Gasteiger partial charge in [-0.3, -0.25) is 19.2 Å². The zero-order chi connectivity index (χ0) is 42.1. The Hall–Kier alpha value is -6.50. The summed E-state index contributed by atoms with van der Waals surface area (Å²) in [6.07, 6.45) is 0.254. The third-order valence-electron chi connectivity index (χ3n) is 11.0. The molecule has 1 heterocycles. The smallest absolute Gasteiger partial charge is 0.407 e. The molecule has 13 nitrogen and oxygen atoms in total. The number of carbonyl (C=O) groups is 6. The molecule has 5 atom stereocenters. The second-order valence-corrected chi connectivity index (χ2v) is 15.5. The van der Waals surface area contributed by atoms with Crippen LogP contribution < -0.4 is 21.3 Å². The van der Waals surface area contributed by atoms with Crippen LogP contribution in [0.5, 0.6) is 0 Å². The van der Waals surface area contributed by atoms with Gasteiger partial charge >= 0.3 is 12.1 Å². The summed E-state index contributed by atoms with van der Waals surface area (Å²) in [6.45, 7) is 5.29. The zero-order valence-corrected chi connectivity index (χ0v) is 33.4. The van der Waals surface area contributed by atoms with Gasteiger partial charge < -0.3 is 36.0 Å². The molecule has 0 spiro atoms. The van der Waals surface area contributed by atoms with E-state index in [0.29, 0.717) is 12.8 Å². The summed E-state index contributed by atoms with van der Waals surface area (Å²) < 4.78 is 5.74. The van der Waals surface area contributed by atoms with E-state index in [9.17, 15) is 33.9 Å². The van der Waals surface area contributed by atoms with E-state index in [1.165, 1.54) is 11.8 Å². The number of ether oxygens (including phenoxy) is 1. The Morgan fingerprint density at radius 2 is 1.22 bits per heavy atom. The van der Waals surface area contributed by atoms with E-state index in [2.05, 4.69) is 21.3 Å². The van der Waals surface area contributed by atoms with Gasteiger partial charge in [-0.2, -0.15) is 0 Å². The van der Waals surface area contributed by atoms with E-state index < -0.39 is 71.8 Å². The first-order valence-electron chi connectivity index (χ1n) is 20.0. The standard InChI is InChI=1S/C46H51N5O8/c1-28(2)40(44(55)51-24-14-23-39(51)43(54)48-38(45(56)57)26-31-17-8-5-9-18-31)50-41(52)29(3)47-42(53)37(25-30-15-6-4-7-16-30)49-46(58)59-27-36-34-21-12-10-19-32(34)33-20-11-13-22-35(33)36/h4-13,15-22,28-29,36-40H,14,23-27H2,1-3H3,(H,47,53)(H,48,54)(H,49,58)(H,50,52)(H,56,57)/t29-,37-,38-,39-,40-/m0/s1. The molecule has 1 fully saturated rings. The number of aliphatic carboxylic acids is 1. The molecule has 5 amide bonds. The van der Waals surface area contributed by atoms with Crippen molar-refractivity contribution < 1.29 is 38.6 Å². The number of hydrogen-bond donors (Lipinski definition) is 5. The van der Waals surface area contributed by atoms with Gasteiger partial charge in [0.15, 0.2) is 0 Å². The minimum atomic E-state index is -1.20. The summed E-state index contributed by atoms with van der Waals surface area (Å²) in [5.74, 6) is -4.11. The van der Waals surface area contributed by atoms with Crippen LogP contribution >= 0.6 is 0 Å². The van der Waals surface area contributed by atoms with Crippen molar-refractivity contribution in [1.82, 2.24) is 26.2 Å². The van der Waals surface area contributed by atoms with Crippen molar-refractivity contribution in [3.05, 3.63) is 131 Å². The van der Waals surface area contributed by atoms with Crippen molar-refractivity contribution >= 4 is 35.7 Å². The number of alkyl carbamates (subject to hydrolysis) is 1. The number of amides is 5. The summed E-state index contributed by atoms with van der Waals surface area (Å²) in [6, 6.07) is 28.6. The third-order valence-corrected chi connectivity index (χ3v) is 11.0. The number of likely N-dealkylation sites (tertiary alicyclic amines) is 1. The van der Waals surface area contributed by atoms with Crippen molar-refractivity contribution in [1.29, 1.82) is 0 Å². The summed E-state index contributed by atoms with van der Waals surface area (Å²) in [4.78, 5) is 81.6. The largest absolute Gasteiger partial charge is 0.480 e.